The first-order chi connectivity index (χ1) is 9.64. The van der Waals surface area contributed by atoms with Crippen molar-refractivity contribution in [2.75, 3.05) is 0 Å². The molecule has 0 fully saturated rings. The van der Waals surface area contributed by atoms with E-state index in [0.29, 0.717) is 5.75 Å². The van der Waals surface area contributed by atoms with Crippen molar-refractivity contribution in [1.29, 1.82) is 0 Å². The van der Waals surface area contributed by atoms with Crippen molar-refractivity contribution in [3.8, 4) is 5.75 Å². The van der Waals surface area contributed by atoms with Crippen LogP contribution in [0.2, 0.25) is 0 Å². The molecule has 0 aliphatic heterocycles. The lowest BCUT2D eigenvalue weighted by atomic mass is 9.76. The number of hydrogen-bond acceptors (Lipinski definition) is 2. The first-order valence-electron chi connectivity index (χ1n) is 7.67. The first kappa shape index (κ1) is 17.5. The van der Waals surface area contributed by atoms with Crippen molar-refractivity contribution < 1.29 is 9.63 Å². The molecule has 21 heavy (non-hydrogen) atoms. The van der Waals surface area contributed by atoms with Gasteiger partial charge in [0.2, 0.25) is 0 Å². The molecule has 0 heterocycles. The Morgan fingerprint density at radius 2 is 1.67 bits per heavy atom. The molecule has 0 aliphatic rings. The van der Waals surface area contributed by atoms with Gasteiger partial charge in [0.1, 0.15) is 0 Å². The maximum atomic E-state index is 11.0. The Balaban J connectivity index is 3.30. The van der Waals surface area contributed by atoms with E-state index >= 15 is 0 Å². The van der Waals surface area contributed by atoms with Gasteiger partial charge in [-0.2, -0.15) is 0 Å². The van der Waals surface area contributed by atoms with E-state index in [1.165, 1.54) is 12.5 Å². The lowest BCUT2D eigenvalue weighted by molar-refractivity contribution is -0.126. The van der Waals surface area contributed by atoms with Crippen molar-refractivity contribution in [3.63, 3.8) is 0 Å². The SMILES string of the molecule is CCC(C)(C)c1ccc(O[N]C(C)=O)c(C(C)(C)CC)c1. The summed E-state index contributed by atoms with van der Waals surface area (Å²) >= 11 is 0. The van der Waals surface area contributed by atoms with Gasteiger partial charge in [-0.15, -0.1) is 0 Å². The Morgan fingerprint density at radius 3 is 2.14 bits per heavy atom. The van der Waals surface area contributed by atoms with Crippen LogP contribution in [-0.4, -0.2) is 5.91 Å². The average molecular weight is 290 g/mol. The molecule has 1 aromatic rings. The zero-order valence-electron chi connectivity index (χ0n) is 14.4. The van der Waals surface area contributed by atoms with Gasteiger partial charge in [-0.05, 0) is 40.8 Å². The minimum absolute atomic E-state index is 0.0263. The molecule has 3 heteroatoms. The van der Waals surface area contributed by atoms with E-state index in [1.54, 1.807) is 0 Å². The normalized spacial score (nSPS) is 12.1. The van der Waals surface area contributed by atoms with E-state index in [9.17, 15) is 4.79 Å². The van der Waals surface area contributed by atoms with E-state index in [0.717, 1.165) is 18.4 Å². The van der Waals surface area contributed by atoms with Crippen molar-refractivity contribution >= 4 is 5.91 Å². The van der Waals surface area contributed by atoms with E-state index in [1.807, 2.05) is 6.07 Å². The lowest BCUT2D eigenvalue weighted by Crippen LogP contribution is -2.23. The van der Waals surface area contributed by atoms with Gasteiger partial charge < -0.3 is 4.84 Å². The Morgan fingerprint density at radius 1 is 1.10 bits per heavy atom. The lowest BCUT2D eigenvalue weighted by Gasteiger charge is -2.29. The van der Waals surface area contributed by atoms with Gasteiger partial charge in [-0.25, -0.2) is 0 Å². The third-order valence-electron chi connectivity index (χ3n) is 4.53. The molecular weight excluding hydrogens is 262 g/mol. The number of carbonyl (C=O) groups is 1. The van der Waals surface area contributed by atoms with Crippen LogP contribution >= 0.6 is 0 Å². The molecular formula is C18H28NO2. The second-order valence-corrected chi connectivity index (χ2v) is 6.89. The zero-order chi connectivity index (χ0) is 16.3. The number of amides is 1. The Labute approximate surface area is 129 Å². The van der Waals surface area contributed by atoms with E-state index in [4.69, 9.17) is 4.84 Å². The molecule has 0 atom stereocenters. The molecule has 0 aromatic heterocycles. The molecule has 0 aliphatic carbocycles. The van der Waals surface area contributed by atoms with Crippen molar-refractivity contribution in [2.45, 2.75) is 72.1 Å². The summed E-state index contributed by atoms with van der Waals surface area (Å²) < 4.78 is 0. The van der Waals surface area contributed by atoms with Crippen molar-refractivity contribution in [3.05, 3.63) is 29.3 Å². The van der Waals surface area contributed by atoms with E-state index in [-0.39, 0.29) is 16.7 Å². The van der Waals surface area contributed by atoms with Gasteiger partial charge in [-0.3, -0.25) is 4.79 Å². The average Bonchev–Trinajstić information content (AvgIpc) is 2.44. The summed E-state index contributed by atoms with van der Waals surface area (Å²) in [4.78, 5) is 16.4. The van der Waals surface area contributed by atoms with Crippen LogP contribution in [0.1, 0.15) is 72.4 Å². The number of hydrogen-bond donors (Lipinski definition) is 0. The highest BCUT2D eigenvalue weighted by Gasteiger charge is 2.27. The predicted octanol–water partition coefficient (Wildman–Crippen LogP) is 4.51. The maximum absolute atomic E-state index is 11.0. The summed E-state index contributed by atoms with van der Waals surface area (Å²) in [7, 11) is 0. The highest BCUT2D eigenvalue weighted by molar-refractivity contribution is 5.71. The second-order valence-electron chi connectivity index (χ2n) is 6.89. The van der Waals surface area contributed by atoms with Gasteiger partial charge >= 0.3 is 0 Å². The third kappa shape index (κ3) is 4.23. The minimum atomic E-state index is -0.326. The van der Waals surface area contributed by atoms with Gasteiger partial charge in [0.25, 0.3) is 5.91 Å². The summed E-state index contributed by atoms with van der Waals surface area (Å²) in [6.45, 7) is 14.6. The van der Waals surface area contributed by atoms with Crippen LogP contribution in [0.5, 0.6) is 5.75 Å². The largest absolute Gasteiger partial charge is 0.353 e. The van der Waals surface area contributed by atoms with Crippen molar-refractivity contribution in [2.24, 2.45) is 0 Å². The molecule has 0 bridgehead atoms. The highest BCUT2D eigenvalue weighted by Crippen LogP contribution is 2.38. The molecule has 1 rings (SSSR count). The van der Waals surface area contributed by atoms with Crippen LogP contribution < -0.4 is 10.3 Å². The highest BCUT2D eigenvalue weighted by atomic mass is 16.7. The summed E-state index contributed by atoms with van der Waals surface area (Å²) in [5.41, 5.74) is 6.06. The number of benzene rings is 1. The number of carbonyl (C=O) groups excluding carboxylic acids is 1. The smallest absolute Gasteiger partial charge is 0.278 e. The molecule has 0 spiro atoms. The standard InChI is InChI=1S/C18H28NO2/c1-8-17(4,5)14-10-11-16(21-19-13(3)20)15(12-14)18(6,7)9-2/h10-12H,8-9H2,1-7H3. The van der Waals surface area contributed by atoms with Crippen LogP contribution in [0.15, 0.2) is 18.2 Å². The molecule has 0 saturated heterocycles. The third-order valence-corrected chi connectivity index (χ3v) is 4.53. The van der Waals surface area contributed by atoms with Gasteiger partial charge in [0.15, 0.2) is 5.75 Å². The summed E-state index contributed by atoms with van der Waals surface area (Å²) in [6.07, 6.45) is 2.05. The Kier molecular flexibility index (Phi) is 5.43. The van der Waals surface area contributed by atoms with E-state index < -0.39 is 0 Å². The fraction of sp³-hybridized carbons (Fsp3) is 0.611. The van der Waals surface area contributed by atoms with Crippen molar-refractivity contribution in [1.82, 2.24) is 5.48 Å². The molecule has 0 N–H and O–H groups in total. The topological polar surface area (TPSA) is 40.4 Å². The fourth-order valence-electron chi connectivity index (χ4n) is 2.07. The number of nitrogens with zero attached hydrogens (tertiary/aromatic N) is 1. The molecule has 117 valence electrons. The van der Waals surface area contributed by atoms with Gasteiger partial charge in [0, 0.05) is 12.5 Å². The number of hydroxylamine groups is 1. The Bertz CT molecular complexity index is 504. The first-order valence-corrected chi connectivity index (χ1v) is 7.67. The summed E-state index contributed by atoms with van der Waals surface area (Å²) in [5, 5.41) is 0. The molecule has 1 amide bonds. The fourth-order valence-corrected chi connectivity index (χ4v) is 2.07. The molecule has 0 unspecified atom stereocenters. The quantitative estimate of drug-likeness (QED) is 0.723. The molecule has 1 aromatic carbocycles. The molecule has 0 saturated carbocycles. The molecule has 3 nitrogen and oxygen atoms in total. The van der Waals surface area contributed by atoms with Crippen LogP contribution in [0, 0.1) is 0 Å². The Hall–Kier alpha value is -1.51. The second kappa shape index (κ2) is 6.50. The van der Waals surface area contributed by atoms with Crippen LogP contribution in [0.4, 0.5) is 0 Å². The predicted molar refractivity (Wildman–Crippen MR) is 86.5 cm³/mol. The van der Waals surface area contributed by atoms with Crippen LogP contribution in [-0.2, 0) is 15.6 Å². The maximum Gasteiger partial charge on any atom is 0.278 e. The number of rotatable bonds is 6. The molecule has 1 radical (unpaired) electrons. The van der Waals surface area contributed by atoms with Gasteiger partial charge in [0.05, 0.1) is 0 Å². The zero-order valence-corrected chi connectivity index (χ0v) is 14.4. The summed E-state index contributed by atoms with van der Waals surface area (Å²) in [6, 6.07) is 6.22. The van der Waals surface area contributed by atoms with Crippen LogP contribution in [0.25, 0.3) is 0 Å². The van der Waals surface area contributed by atoms with E-state index in [2.05, 4.69) is 59.2 Å². The summed E-state index contributed by atoms with van der Waals surface area (Å²) in [5.74, 6) is 0.348. The van der Waals surface area contributed by atoms with Crippen LogP contribution in [0.3, 0.4) is 0 Å². The monoisotopic (exact) mass is 290 g/mol. The van der Waals surface area contributed by atoms with Gasteiger partial charge in [-0.1, -0.05) is 53.7 Å². The minimum Gasteiger partial charge on any atom is -0.353 e.